The van der Waals surface area contributed by atoms with Gasteiger partial charge in [-0.15, -0.1) is 0 Å². The predicted octanol–water partition coefficient (Wildman–Crippen LogP) is 1.68. The molecule has 0 aromatic heterocycles. The van der Waals surface area contributed by atoms with Crippen LogP contribution in [0.25, 0.3) is 0 Å². The smallest absolute Gasteiger partial charge is 0.113 e. The van der Waals surface area contributed by atoms with Gasteiger partial charge in [0.25, 0.3) is 0 Å². The fourth-order valence-corrected chi connectivity index (χ4v) is 3.55. The minimum Gasteiger partial charge on any atom is -0.375 e. The molecule has 5 heteroatoms. The lowest BCUT2D eigenvalue weighted by Gasteiger charge is -2.36. The maximum absolute atomic E-state index is 6.48. The summed E-state index contributed by atoms with van der Waals surface area (Å²) in [7, 11) is 0. The molecular weight excluding hydrogens is 272 g/mol. The molecule has 0 bridgehead atoms. The van der Waals surface area contributed by atoms with Gasteiger partial charge in [-0.05, 0) is 38.5 Å². The molecule has 6 atom stereocenters. The minimum absolute atomic E-state index is 0.0463. The molecule has 0 aliphatic carbocycles. The van der Waals surface area contributed by atoms with Gasteiger partial charge >= 0.3 is 0 Å². The fourth-order valence-electron chi connectivity index (χ4n) is 3.55. The zero-order chi connectivity index (χ0) is 14.1. The Balaban J connectivity index is 1.41. The monoisotopic (exact) mass is 298 g/mol. The van der Waals surface area contributed by atoms with E-state index in [1.54, 1.807) is 0 Å². The van der Waals surface area contributed by atoms with Crippen molar-refractivity contribution in [3.8, 4) is 0 Å². The molecule has 0 radical (unpaired) electrons. The summed E-state index contributed by atoms with van der Waals surface area (Å²) in [5.74, 6) is 0. The van der Waals surface area contributed by atoms with Crippen LogP contribution >= 0.6 is 0 Å². The summed E-state index contributed by atoms with van der Waals surface area (Å²) in [5, 5.41) is 0. The Bertz CT molecular complexity index is 298. The van der Waals surface area contributed by atoms with Crippen LogP contribution in [0.1, 0.15) is 38.5 Å². The molecule has 120 valence electrons. The number of rotatable bonds is 6. The summed E-state index contributed by atoms with van der Waals surface area (Å²) in [6.07, 6.45) is 7.79. The third kappa shape index (κ3) is 3.59. The van der Waals surface area contributed by atoms with Crippen molar-refractivity contribution in [1.29, 1.82) is 0 Å². The summed E-state index contributed by atoms with van der Waals surface area (Å²) in [5.41, 5.74) is 0. The van der Waals surface area contributed by atoms with Crippen molar-refractivity contribution >= 4 is 0 Å². The van der Waals surface area contributed by atoms with E-state index in [-0.39, 0.29) is 36.6 Å². The van der Waals surface area contributed by atoms with Crippen LogP contribution in [-0.4, -0.2) is 63.1 Å². The molecule has 4 rings (SSSR count). The number of hydrogen-bond acceptors (Lipinski definition) is 5. The van der Waals surface area contributed by atoms with Crippen LogP contribution in [0.4, 0.5) is 0 Å². The van der Waals surface area contributed by atoms with E-state index in [4.69, 9.17) is 23.7 Å². The highest BCUT2D eigenvalue weighted by atomic mass is 16.7. The third-order valence-corrected chi connectivity index (χ3v) is 4.93. The number of hydrogen-bond donors (Lipinski definition) is 0. The Kier molecular flexibility index (Phi) is 4.46. The number of ether oxygens (including phenoxy) is 5. The molecule has 4 aliphatic rings. The standard InChI is InChI=1S/C16H26O5/c1-3-7-17-11(5-1)15(13-9-19-13)21-16(14-10-20-14)12-6-2-4-8-18-12/h11-16H,1-10H2. The largest absolute Gasteiger partial charge is 0.375 e. The van der Waals surface area contributed by atoms with Crippen LogP contribution in [-0.2, 0) is 23.7 Å². The van der Waals surface area contributed by atoms with Crippen LogP contribution in [0.15, 0.2) is 0 Å². The highest BCUT2D eigenvalue weighted by Gasteiger charge is 2.47. The summed E-state index contributed by atoms with van der Waals surface area (Å²) in [4.78, 5) is 0. The molecule has 4 fully saturated rings. The van der Waals surface area contributed by atoms with Gasteiger partial charge in [0.15, 0.2) is 0 Å². The molecule has 0 saturated carbocycles. The minimum atomic E-state index is 0.0463. The van der Waals surface area contributed by atoms with E-state index in [1.165, 1.54) is 12.8 Å². The van der Waals surface area contributed by atoms with Crippen LogP contribution in [0.5, 0.6) is 0 Å². The van der Waals surface area contributed by atoms with Crippen molar-refractivity contribution in [2.45, 2.75) is 75.1 Å². The van der Waals surface area contributed by atoms with E-state index in [9.17, 15) is 0 Å². The quantitative estimate of drug-likeness (QED) is 0.698. The van der Waals surface area contributed by atoms with E-state index < -0.39 is 0 Å². The molecule has 0 aromatic carbocycles. The van der Waals surface area contributed by atoms with Gasteiger partial charge in [0.2, 0.25) is 0 Å². The van der Waals surface area contributed by atoms with E-state index in [0.29, 0.717) is 0 Å². The summed E-state index contributed by atoms with van der Waals surface area (Å²) in [6.45, 7) is 3.30. The Labute approximate surface area is 126 Å². The van der Waals surface area contributed by atoms with Gasteiger partial charge in [-0.25, -0.2) is 0 Å². The number of epoxide rings is 2. The molecule has 5 nitrogen and oxygen atoms in total. The van der Waals surface area contributed by atoms with Crippen molar-refractivity contribution in [2.24, 2.45) is 0 Å². The van der Waals surface area contributed by atoms with Gasteiger partial charge in [-0.3, -0.25) is 0 Å². The summed E-state index contributed by atoms with van der Waals surface area (Å²) < 4.78 is 29.4. The first kappa shape index (κ1) is 14.4. The van der Waals surface area contributed by atoms with Crippen LogP contribution < -0.4 is 0 Å². The van der Waals surface area contributed by atoms with Gasteiger partial charge in [-0.2, -0.15) is 0 Å². The van der Waals surface area contributed by atoms with Gasteiger partial charge in [-0.1, -0.05) is 0 Å². The summed E-state index contributed by atoms with van der Waals surface area (Å²) >= 11 is 0. The fraction of sp³-hybridized carbons (Fsp3) is 1.00. The van der Waals surface area contributed by atoms with Gasteiger partial charge in [0.1, 0.15) is 24.4 Å². The Morgan fingerprint density at radius 3 is 1.43 bits per heavy atom. The van der Waals surface area contributed by atoms with Crippen LogP contribution in [0, 0.1) is 0 Å². The zero-order valence-electron chi connectivity index (χ0n) is 12.6. The average Bonchev–Trinajstić information content (AvgIpc) is 3.43. The lowest BCUT2D eigenvalue weighted by molar-refractivity contribution is -0.169. The van der Waals surface area contributed by atoms with Crippen molar-refractivity contribution in [1.82, 2.24) is 0 Å². The second-order valence-corrected chi connectivity index (χ2v) is 6.62. The first-order valence-electron chi connectivity index (χ1n) is 8.54. The van der Waals surface area contributed by atoms with E-state index in [2.05, 4.69) is 0 Å². The van der Waals surface area contributed by atoms with E-state index in [1.807, 2.05) is 0 Å². The lowest BCUT2D eigenvalue weighted by Crippen LogP contribution is -2.47. The van der Waals surface area contributed by atoms with Crippen molar-refractivity contribution in [3.63, 3.8) is 0 Å². The predicted molar refractivity (Wildman–Crippen MR) is 75.3 cm³/mol. The molecule has 4 aliphatic heterocycles. The van der Waals surface area contributed by atoms with Crippen molar-refractivity contribution in [3.05, 3.63) is 0 Å². The van der Waals surface area contributed by atoms with Crippen LogP contribution in [0.2, 0.25) is 0 Å². The highest BCUT2D eigenvalue weighted by molar-refractivity contribution is 4.94. The topological polar surface area (TPSA) is 52.8 Å². The highest BCUT2D eigenvalue weighted by Crippen LogP contribution is 2.33. The second-order valence-electron chi connectivity index (χ2n) is 6.62. The Morgan fingerprint density at radius 2 is 1.10 bits per heavy atom. The van der Waals surface area contributed by atoms with Gasteiger partial charge in [0.05, 0.1) is 25.4 Å². The molecule has 0 aromatic rings. The molecule has 21 heavy (non-hydrogen) atoms. The van der Waals surface area contributed by atoms with Crippen molar-refractivity contribution < 1.29 is 23.7 Å². The van der Waals surface area contributed by atoms with Crippen molar-refractivity contribution in [2.75, 3.05) is 26.4 Å². The second kappa shape index (κ2) is 6.50. The first-order valence-corrected chi connectivity index (χ1v) is 8.54. The normalized spacial score (nSPS) is 42.3. The molecule has 0 spiro atoms. The SMILES string of the molecule is C1CCC(C(OC(C2CCCCO2)C2CO2)C2CO2)OC1. The molecule has 4 saturated heterocycles. The first-order chi connectivity index (χ1) is 10.4. The molecule has 0 amide bonds. The molecule has 6 unspecified atom stereocenters. The maximum atomic E-state index is 6.48. The maximum Gasteiger partial charge on any atom is 0.113 e. The third-order valence-electron chi connectivity index (χ3n) is 4.93. The van der Waals surface area contributed by atoms with E-state index in [0.717, 1.165) is 52.1 Å². The summed E-state index contributed by atoms with van der Waals surface area (Å²) in [6, 6.07) is 0. The average molecular weight is 298 g/mol. The Hall–Kier alpha value is -0.200. The lowest BCUT2D eigenvalue weighted by atomic mass is 9.99. The van der Waals surface area contributed by atoms with Gasteiger partial charge in [0, 0.05) is 13.2 Å². The Morgan fingerprint density at radius 1 is 0.619 bits per heavy atom. The zero-order valence-corrected chi connectivity index (χ0v) is 12.6. The molecule has 0 N–H and O–H groups in total. The molecular formula is C16H26O5. The molecule has 4 heterocycles. The van der Waals surface area contributed by atoms with Crippen LogP contribution in [0.3, 0.4) is 0 Å². The van der Waals surface area contributed by atoms with E-state index >= 15 is 0 Å². The van der Waals surface area contributed by atoms with Gasteiger partial charge < -0.3 is 23.7 Å².